The number of hydrogen-bond acceptors (Lipinski definition) is 4. The molecule has 1 rings (SSSR count). The van der Waals surface area contributed by atoms with E-state index in [1.807, 2.05) is 0 Å². The Bertz CT molecular complexity index is 450. The van der Waals surface area contributed by atoms with Gasteiger partial charge in [-0.3, -0.25) is 0 Å². The molecule has 0 radical (unpaired) electrons. The fourth-order valence-electron chi connectivity index (χ4n) is 1.04. The minimum absolute atomic E-state index is 0.123. The largest absolute Gasteiger partial charge is 0.388 e. The van der Waals surface area contributed by atoms with E-state index < -0.39 is 18.0 Å². The van der Waals surface area contributed by atoms with Gasteiger partial charge in [-0.15, -0.1) is 0 Å². The Balaban J connectivity index is 2.83. The molecule has 0 aromatic heterocycles. The molecule has 6 heteroatoms. The van der Waals surface area contributed by atoms with Crippen molar-refractivity contribution in [2.45, 2.75) is 19.4 Å². The average Bonchev–Trinajstić information content (AvgIpc) is 2.30. The number of hydrogen-bond donors (Lipinski definition) is 1. The van der Waals surface area contributed by atoms with Gasteiger partial charge in [0.25, 0.3) is 0 Å². The van der Waals surface area contributed by atoms with E-state index in [0.717, 1.165) is 0 Å². The Labute approximate surface area is 112 Å². The van der Waals surface area contributed by atoms with E-state index in [4.69, 9.17) is 17.3 Å². The molecule has 0 aliphatic carbocycles. The molecule has 1 unspecified atom stereocenters. The normalized spacial score (nSPS) is 12.0. The lowest BCUT2D eigenvalue weighted by atomic mass is 10.2. The number of esters is 2. The first-order chi connectivity index (χ1) is 7.95. The summed E-state index contributed by atoms with van der Waals surface area (Å²) in [6.07, 6.45) is 0.401. The van der Waals surface area contributed by atoms with Crippen LogP contribution >= 0.6 is 27.5 Å². The number of rotatable bonds is 3. The van der Waals surface area contributed by atoms with Crippen LogP contribution in [0.3, 0.4) is 0 Å². The van der Waals surface area contributed by atoms with Crippen LogP contribution in [0.4, 0.5) is 0 Å². The lowest BCUT2D eigenvalue weighted by Crippen LogP contribution is -2.33. The summed E-state index contributed by atoms with van der Waals surface area (Å²) in [5.74, 6) is -1.56. The molecule has 0 amide bonds. The Morgan fingerprint density at radius 2 is 2.18 bits per heavy atom. The summed E-state index contributed by atoms with van der Waals surface area (Å²) in [5, 5.41) is 0.219. The fourth-order valence-corrected chi connectivity index (χ4v) is 1.60. The SMILES string of the molecule is CCC(N)C(=O)OC(=O)c1cc(Br)ccc1Cl. The van der Waals surface area contributed by atoms with Crippen molar-refractivity contribution in [2.24, 2.45) is 5.73 Å². The van der Waals surface area contributed by atoms with E-state index >= 15 is 0 Å². The molecule has 0 fully saturated rings. The molecule has 92 valence electrons. The van der Waals surface area contributed by atoms with E-state index in [0.29, 0.717) is 10.9 Å². The van der Waals surface area contributed by atoms with Gasteiger partial charge in [0.1, 0.15) is 6.04 Å². The molecule has 1 aromatic carbocycles. The summed E-state index contributed by atoms with van der Waals surface area (Å²) < 4.78 is 5.28. The Morgan fingerprint density at radius 3 is 2.76 bits per heavy atom. The van der Waals surface area contributed by atoms with Crippen LogP contribution in [0, 0.1) is 0 Å². The Hall–Kier alpha value is -0.910. The highest BCUT2D eigenvalue weighted by atomic mass is 79.9. The minimum atomic E-state index is -0.801. The number of ether oxygens (including phenoxy) is 1. The van der Waals surface area contributed by atoms with Crippen molar-refractivity contribution < 1.29 is 14.3 Å². The van der Waals surface area contributed by atoms with Crippen LogP contribution in [0.5, 0.6) is 0 Å². The van der Waals surface area contributed by atoms with Crippen molar-refractivity contribution >= 4 is 39.5 Å². The molecular formula is C11H11BrClNO3. The lowest BCUT2D eigenvalue weighted by Gasteiger charge is -2.08. The molecule has 0 bridgehead atoms. The zero-order chi connectivity index (χ0) is 13.0. The second-order valence-corrected chi connectivity index (χ2v) is 4.67. The van der Waals surface area contributed by atoms with Crippen LogP contribution in [0.25, 0.3) is 0 Å². The highest BCUT2D eigenvalue weighted by Gasteiger charge is 2.20. The van der Waals surface area contributed by atoms with E-state index in [-0.39, 0.29) is 10.6 Å². The lowest BCUT2D eigenvalue weighted by molar-refractivity contribution is -0.139. The third-order valence-electron chi connectivity index (χ3n) is 2.08. The zero-order valence-electron chi connectivity index (χ0n) is 9.07. The second-order valence-electron chi connectivity index (χ2n) is 3.35. The molecule has 4 nitrogen and oxygen atoms in total. The van der Waals surface area contributed by atoms with Gasteiger partial charge in [0.05, 0.1) is 10.6 Å². The molecule has 0 heterocycles. The maximum absolute atomic E-state index is 11.6. The maximum Gasteiger partial charge on any atom is 0.347 e. The van der Waals surface area contributed by atoms with Crippen LogP contribution in [0.2, 0.25) is 5.02 Å². The number of carbonyl (C=O) groups excluding carboxylic acids is 2. The van der Waals surface area contributed by atoms with Gasteiger partial charge in [-0.1, -0.05) is 34.5 Å². The van der Waals surface area contributed by atoms with Gasteiger partial charge in [-0.05, 0) is 24.6 Å². The molecule has 2 N–H and O–H groups in total. The zero-order valence-corrected chi connectivity index (χ0v) is 11.4. The number of carbonyl (C=O) groups is 2. The monoisotopic (exact) mass is 319 g/mol. The maximum atomic E-state index is 11.6. The van der Waals surface area contributed by atoms with Gasteiger partial charge in [-0.2, -0.15) is 0 Å². The van der Waals surface area contributed by atoms with Crippen LogP contribution in [-0.4, -0.2) is 18.0 Å². The molecule has 17 heavy (non-hydrogen) atoms. The smallest absolute Gasteiger partial charge is 0.347 e. The molecule has 0 aliphatic heterocycles. The molecular weight excluding hydrogens is 309 g/mol. The minimum Gasteiger partial charge on any atom is -0.388 e. The van der Waals surface area contributed by atoms with Crippen molar-refractivity contribution in [1.82, 2.24) is 0 Å². The Kier molecular flexibility index (Phi) is 5.11. The predicted octanol–water partition coefficient (Wildman–Crippen LogP) is 2.52. The van der Waals surface area contributed by atoms with Gasteiger partial charge in [-0.25, -0.2) is 9.59 Å². The van der Waals surface area contributed by atoms with Crippen molar-refractivity contribution in [3.8, 4) is 0 Å². The summed E-state index contributed by atoms with van der Waals surface area (Å²) in [7, 11) is 0. The van der Waals surface area contributed by atoms with Gasteiger partial charge in [0.15, 0.2) is 0 Å². The summed E-state index contributed by atoms with van der Waals surface area (Å²) in [6.45, 7) is 1.72. The van der Waals surface area contributed by atoms with Gasteiger partial charge in [0, 0.05) is 4.47 Å². The van der Waals surface area contributed by atoms with Crippen molar-refractivity contribution in [3.63, 3.8) is 0 Å². The van der Waals surface area contributed by atoms with E-state index in [2.05, 4.69) is 20.7 Å². The molecule has 0 saturated carbocycles. The first kappa shape index (κ1) is 14.2. The van der Waals surface area contributed by atoms with Crippen LogP contribution in [0.15, 0.2) is 22.7 Å². The van der Waals surface area contributed by atoms with Crippen molar-refractivity contribution in [2.75, 3.05) is 0 Å². The first-order valence-electron chi connectivity index (χ1n) is 4.92. The van der Waals surface area contributed by atoms with Crippen molar-refractivity contribution in [3.05, 3.63) is 33.3 Å². The molecule has 0 saturated heterocycles. The first-order valence-corrected chi connectivity index (χ1v) is 6.09. The van der Waals surface area contributed by atoms with Crippen molar-refractivity contribution in [1.29, 1.82) is 0 Å². The number of halogens is 2. The standard InChI is InChI=1S/C11H11BrClNO3/c1-2-9(14)11(16)17-10(15)7-5-6(12)3-4-8(7)13/h3-5,9H,2,14H2,1H3. The van der Waals surface area contributed by atoms with Crippen LogP contribution < -0.4 is 5.73 Å². The Morgan fingerprint density at radius 1 is 1.53 bits per heavy atom. The van der Waals surface area contributed by atoms with Crippen LogP contribution in [-0.2, 0) is 9.53 Å². The summed E-state index contributed by atoms with van der Waals surface area (Å²) in [4.78, 5) is 23.0. The van der Waals surface area contributed by atoms with Gasteiger partial charge in [0.2, 0.25) is 0 Å². The predicted molar refractivity (Wildman–Crippen MR) is 67.8 cm³/mol. The highest BCUT2D eigenvalue weighted by molar-refractivity contribution is 9.10. The molecule has 1 aromatic rings. The van der Waals surface area contributed by atoms with Gasteiger partial charge >= 0.3 is 11.9 Å². The topological polar surface area (TPSA) is 69.4 Å². The molecule has 1 atom stereocenters. The summed E-state index contributed by atoms with van der Waals surface area (Å²) >= 11 is 9.02. The van der Waals surface area contributed by atoms with E-state index in [9.17, 15) is 9.59 Å². The van der Waals surface area contributed by atoms with Crippen LogP contribution in [0.1, 0.15) is 23.7 Å². The number of nitrogens with two attached hydrogens (primary N) is 1. The van der Waals surface area contributed by atoms with E-state index in [1.165, 1.54) is 12.1 Å². The third-order valence-corrected chi connectivity index (χ3v) is 2.91. The number of benzene rings is 1. The average molecular weight is 321 g/mol. The summed E-state index contributed by atoms with van der Waals surface area (Å²) in [6, 6.07) is 3.89. The fraction of sp³-hybridized carbons (Fsp3) is 0.273. The quantitative estimate of drug-likeness (QED) is 0.686. The molecule has 0 spiro atoms. The van der Waals surface area contributed by atoms with E-state index in [1.54, 1.807) is 13.0 Å². The third kappa shape index (κ3) is 3.80. The van der Waals surface area contributed by atoms with Gasteiger partial charge < -0.3 is 10.5 Å². The summed E-state index contributed by atoms with van der Waals surface area (Å²) in [5.41, 5.74) is 5.56. The second kappa shape index (κ2) is 6.14. The molecule has 0 aliphatic rings. The highest BCUT2D eigenvalue weighted by Crippen LogP contribution is 2.21.